The van der Waals surface area contributed by atoms with E-state index in [-0.39, 0.29) is 24.2 Å². The third-order valence-electron chi connectivity index (χ3n) is 6.54. The number of fused-ring (bicyclic) bond motifs is 1. The van der Waals surface area contributed by atoms with Gasteiger partial charge in [0.2, 0.25) is 0 Å². The van der Waals surface area contributed by atoms with Crippen LogP contribution in [0.5, 0.6) is 0 Å². The molecule has 1 N–H and O–H groups in total. The number of amides is 1. The number of nitrogens with zero attached hydrogens (tertiary/aromatic N) is 1. The first-order chi connectivity index (χ1) is 16.1. The zero-order valence-corrected chi connectivity index (χ0v) is 18.4. The van der Waals surface area contributed by atoms with Crippen LogP contribution in [0.1, 0.15) is 23.2 Å². The summed E-state index contributed by atoms with van der Waals surface area (Å²) < 4.78 is 14.8. The minimum absolute atomic E-state index is 0.0118. The van der Waals surface area contributed by atoms with Gasteiger partial charge in [-0.2, -0.15) is 0 Å². The summed E-state index contributed by atoms with van der Waals surface area (Å²) in [5.74, 6) is -0.0699. The average molecular weight is 440 g/mol. The van der Waals surface area contributed by atoms with Crippen molar-refractivity contribution >= 4 is 16.7 Å². The fourth-order valence-electron chi connectivity index (χ4n) is 4.69. The molecule has 0 radical (unpaired) electrons. The molecule has 3 nitrogen and oxygen atoms in total. The van der Waals surface area contributed by atoms with Crippen LogP contribution in [-0.2, 0) is 0 Å². The van der Waals surface area contributed by atoms with E-state index in [9.17, 15) is 14.3 Å². The topological polar surface area (TPSA) is 40.5 Å². The molecule has 166 valence electrons. The first kappa shape index (κ1) is 21.4. The Hall–Kier alpha value is -3.50. The Morgan fingerprint density at radius 2 is 1.61 bits per heavy atom. The van der Waals surface area contributed by atoms with Crippen LogP contribution in [0.25, 0.3) is 33.0 Å². The van der Waals surface area contributed by atoms with Crippen LogP contribution in [0.2, 0.25) is 0 Å². The van der Waals surface area contributed by atoms with Crippen LogP contribution in [0.4, 0.5) is 4.39 Å². The molecule has 4 aromatic carbocycles. The molecule has 1 aliphatic rings. The standard InChI is InChI=1S/C29H26FNO2/c30-28-17-25(12-13-27(28)21-6-2-1-3-7-21)23-8-9-24-16-26(11-10-22(24)15-23)29(33)31-14-4-5-20(18-31)19-32/h1-3,6-13,15-17,20,32H,4-5,14,18-19H2. The number of halogens is 1. The summed E-state index contributed by atoms with van der Waals surface area (Å²) in [6, 6.07) is 26.6. The average Bonchev–Trinajstić information content (AvgIpc) is 2.88. The number of piperidine rings is 1. The summed E-state index contributed by atoms with van der Waals surface area (Å²) in [5.41, 5.74) is 3.85. The van der Waals surface area contributed by atoms with Gasteiger partial charge in [0.15, 0.2) is 0 Å². The van der Waals surface area contributed by atoms with Crippen molar-refractivity contribution in [1.82, 2.24) is 4.90 Å². The van der Waals surface area contributed by atoms with Gasteiger partial charge in [0.25, 0.3) is 5.91 Å². The Morgan fingerprint density at radius 1 is 0.879 bits per heavy atom. The number of benzene rings is 4. The maximum atomic E-state index is 14.8. The molecule has 4 heteroatoms. The Bertz CT molecular complexity index is 1300. The molecule has 0 aliphatic carbocycles. The highest BCUT2D eigenvalue weighted by atomic mass is 19.1. The molecule has 0 aromatic heterocycles. The van der Waals surface area contributed by atoms with E-state index in [4.69, 9.17) is 0 Å². The van der Waals surface area contributed by atoms with Crippen LogP contribution in [0, 0.1) is 11.7 Å². The summed E-state index contributed by atoms with van der Waals surface area (Å²) in [6.07, 6.45) is 1.89. The number of carbonyl (C=O) groups excluding carboxylic acids is 1. The molecule has 1 unspecified atom stereocenters. The highest BCUT2D eigenvalue weighted by Gasteiger charge is 2.24. The van der Waals surface area contributed by atoms with Crippen molar-refractivity contribution in [1.29, 1.82) is 0 Å². The summed E-state index contributed by atoms with van der Waals surface area (Å²) in [7, 11) is 0. The van der Waals surface area contributed by atoms with Gasteiger partial charge < -0.3 is 10.0 Å². The SMILES string of the molecule is O=C(c1ccc2cc(-c3ccc(-c4ccccc4)c(F)c3)ccc2c1)N1CCCC(CO)C1. The highest BCUT2D eigenvalue weighted by molar-refractivity contribution is 5.99. The van der Waals surface area contributed by atoms with E-state index in [0.717, 1.165) is 46.8 Å². The van der Waals surface area contributed by atoms with Gasteiger partial charge >= 0.3 is 0 Å². The normalized spacial score (nSPS) is 16.2. The molecule has 0 bridgehead atoms. The van der Waals surface area contributed by atoms with E-state index >= 15 is 0 Å². The van der Waals surface area contributed by atoms with Gasteiger partial charge in [0.1, 0.15) is 5.82 Å². The Labute approximate surface area is 193 Å². The van der Waals surface area contributed by atoms with Gasteiger partial charge in [-0.15, -0.1) is 0 Å². The molecule has 1 aliphatic heterocycles. The Morgan fingerprint density at radius 3 is 2.39 bits per heavy atom. The maximum absolute atomic E-state index is 14.8. The Balaban J connectivity index is 1.40. The van der Waals surface area contributed by atoms with E-state index < -0.39 is 0 Å². The molecule has 1 atom stereocenters. The fraction of sp³-hybridized carbons (Fsp3) is 0.207. The third kappa shape index (κ3) is 4.39. The van der Waals surface area contributed by atoms with E-state index in [1.807, 2.05) is 83.8 Å². The number of hydrogen-bond donors (Lipinski definition) is 1. The number of hydrogen-bond acceptors (Lipinski definition) is 2. The lowest BCUT2D eigenvalue weighted by atomic mass is 9.96. The molecule has 0 saturated carbocycles. The summed E-state index contributed by atoms with van der Waals surface area (Å²) in [4.78, 5) is 14.8. The molecular formula is C29H26FNO2. The number of aliphatic hydroxyl groups is 1. The van der Waals surface area contributed by atoms with Crippen molar-refractivity contribution in [2.75, 3.05) is 19.7 Å². The predicted octanol–water partition coefficient (Wildman–Crippen LogP) is 6.16. The van der Waals surface area contributed by atoms with Gasteiger partial charge in [-0.25, -0.2) is 4.39 Å². The molecule has 1 saturated heterocycles. The van der Waals surface area contributed by atoms with Crippen molar-refractivity contribution in [3.8, 4) is 22.3 Å². The lowest BCUT2D eigenvalue weighted by molar-refractivity contribution is 0.0621. The zero-order valence-electron chi connectivity index (χ0n) is 18.4. The number of aliphatic hydroxyl groups excluding tert-OH is 1. The van der Waals surface area contributed by atoms with Crippen molar-refractivity contribution < 1.29 is 14.3 Å². The molecule has 4 aromatic rings. The molecule has 1 heterocycles. The summed E-state index contributed by atoms with van der Waals surface area (Å²) in [5, 5.41) is 11.4. The summed E-state index contributed by atoms with van der Waals surface area (Å²) >= 11 is 0. The first-order valence-electron chi connectivity index (χ1n) is 11.4. The first-order valence-corrected chi connectivity index (χ1v) is 11.4. The van der Waals surface area contributed by atoms with E-state index in [0.29, 0.717) is 17.7 Å². The number of likely N-dealkylation sites (tertiary alicyclic amines) is 1. The molecule has 0 spiro atoms. The van der Waals surface area contributed by atoms with Crippen LogP contribution in [-0.4, -0.2) is 35.6 Å². The van der Waals surface area contributed by atoms with Gasteiger partial charge in [-0.05, 0) is 70.5 Å². The van der Waals surface area contributed by atoms with Crippen molar-refractivity contribution in [2.24, 2.45) is 5.92 Å². The number of rotatable bonds is 4. The van der Waals surface area contributed by atoms with Gasteiger partial charge in [-0.3, -0.25) is 4.79 Å². The second kappa shape index (κ2) is 9.16. The minimum Gasteiger partial charge on any atom is -0.396 e. The van der Waals surface area contributed by atoms with Crippen LogP contribution >= 0.6 is 0 Å². The predicted molar refractivity (Wildman–Crippen MR) is 130 cm³/mol. The van der Waals surface area contributed by atoms with E-state index in [1.165, 1.54) is 0 Å². The largest absolute Gasteiger partial charge is 0.396 e. The monoisotopic (exact) mass is 439 g/mol. The smallest absolute Gasteiger partial charge is 0.253 e. The number of carbonyl (C=O) groups is 1. The second-order valence-corrected chi connectivity index (χ2v) is 8.78. The molecule has 1 fully saturated rings. The van der Waals surface area contributed by atoms with E-state index in [2.05, 4.69) is 0 Å². The fourth-order valence-corrected chi connectivity index (χ4v) is 4.69. The minimum atomic E-state index is -0.248. The third-order valence-corrected chi connectivity index (χ3v) is 6.54. The van der Waals surface area contributed by atoms with Crippen molar-refractivity contribution in [2.45, 2.75) is 12.8 Å². The quantitative estimate of drug-likeness (QED) is 0.414. The second-order valence-electron chi connectivity index (χ2n) is 8.78. The lowest BCUT2D eigenvalue weighted by Gasteiger charge is -2.32. The lowest BCUT2D eigenvalue weighted by Crippen LogP contribution is -2.40. The molecule has 1 amide bonds. The van der Waals surface area contributed by atoms with Gasteiger partial charge in [0.05, 0.1) is 0 Å². The van der Waals surface area contributed by atoms with E-state index in [1.54, 1.807) is 6.07 Å². The molecule has 33 heavy (non-hydrogen) atoms. The zero-order chi connectivity index (χ0) is 22.8. The highest BCUT2D eigenvalue weighted by Crippen LogP contribution is 2.30. The van der Waals surface area contributed by atoms with Crippen LogP contribution in [0.3, 0.4) is 0 Å². The molecule has 5 rings (SSSR count). The van der Waals surface area contributed by atoms with Crippen LogP contribution < -0.4 is 0 Å². The van der Waals surface area contributed by atoms with Gasteiger partial charge in [-0.1, -0.05) is 60.7 Å². The maximum Gasteiger partial charge on any atom is 0.253 e. The summed E-state index contributed by atoms with van der Waals surface area (Å²) in [6.45, 7) is 1.46. The van der Waals surface area contributed by atoms with Gasteiger partial charge in [0, 0.05) is 30.8 Å². The van der Waals surface area contributed by atoms with Crippen molar-refractivity contribution in [3.05, 3.63) is 96.3 Å². The van der Waals surface area contributed by atoms with Crippen LogP contribution in [0.15, 0.2) is 84.9 Å². The Kier molecular flexibility index (Phi) is 5.93. The molecular weight excluding hydrogens is 413 g/mol. The van der Waals surface area contributed by atoms with Crippen molar-refractivity contribution in [3.63, 3.8) is 0 Å².